The summed E-state index contributed by atoms with van der Waals surface area (Å²) in [6, 6.07) is 9.22. The van der Waals surface area contributed by atoms with Crippen molar-refractivity contribution in [2.24, 2.45) is 11.8 Å². The van der Waals surface area contributed by atoms with Gasteiger partial charge < -0.3 is 20.1 Å². The Morgan fingerprint density at radius 2 is 1.85 bits per heavy atom. The zero-order chi connectivity index (χ0) is 24.9. The molecule has 1 heterocycles. The quantitative estimate of drug-likeness (QED) is 0.322. The standard InChI is InChI=1S/C27H38N2O5/c1-4-10-22(17-25(31)28-20(3)18-30)26(32)29-15-9-14-24(29)19-34-27(33)23(11-5-2)16-21-12-7-6-8-13-21/h4-8,12-13,20,22-24,30H,1-2,9-11,14-19H2,3H3,(H,28,31)/t20-,22-,23-,24+/m1/s1. The first-order chi connectivity index (χ1) is 16.4. The molecule has 0 aromatic heterocycles. The molecule has 34 heavy (non-hydrogen) atoms. The number of nitrogens with one attached hydrogen (secondary N) is 1. The van der Waals surface area contributed by atoms with Gasteiger partial charge in [0.25, 0.3) is 0 Å². The molecule has 0 spiro atoms. The molecule has 1 fully saturated rings. The maximum atomic E-state index is 13.3. The molecule has 2 N–H and O–H groups in total. The van der Waals surface area contributed by atoms with Gasteiger partial charge >= 0.3 is 5.97 Å². The van der Waals surface area contributed by atoms with E-state index >= 15 is 0 Å². The number of rotatable bonds is 14. The first kappa shape index (κ1) is 27.3. The van der Waals surface area contributed by atoms with Gasteiger partial charge in [0, 0.05) is 19.0 Å². The molecule has 0 aliphatic carbocycles. The number of amides is 2. The van der Waals surface area contributed by atoms with E-state index in [1.807, 2.05) is 30.3 Å². The van der Waals surface area contributed by atoms with Crippen LogP contribution in [-0.2, 0) is 25.5 Å². The smallest absolute Gasteiger partial charge is 0.309 e. The Bertz CT molecular complexity index is 826. The van der Waals surface area contributed by atoms with Crippen LogP contribution in [0.3, 0.4) is 0 Å². The number of nitrogens with zero attached hydrogens (tertiary/aromatic N) is 1. The maximum Gasteiger partial charge on any atom is 0.309 e. The van der Waals surface area contributed by atoms with Gasteiger partial charge in [-0.25, -0.2) is 0 Å². The zero-order valence-corrected chi connectivity index (χ0v) is 20.2. The lowest BCUT2D eigenvalue weighted by Crippen LogP contribution is -2.44. The minimum atomic E-state index is -0.536. The predicted molar refractivity (Wildman–Crippen MR) is 132 cm³/mol. The summed E-state index contributed by atoms with van der Waals surface area (Å²) in [5, 5.41) is 11.8. The molecule has 1 aliphatic rings. The van der Waals surface area contributed by atoms with Gasteiger partial charge in [-0.3, -0.25) is 14.4 Å². The number of likely N-dealkylation sites (tertiary alicyclic amines) is 1. The van der Waals surface area contributed by atoms with E-state index in [2.05, 4.69) is 18.5 Å². The van der Waals surface area contributed by atoms with Crippen LogP contribution in [0.2, 0.25) is 0 Å². The molecule has 0 unspecified atom stereocenters. The largest absolute Gasteiger partial charge is 0.463 e. The summed E-state index contributed by atoms with van der Waals surface area (Å²) < 4.78 is 5.67. The van der Waals surface area contributed by atoms with Gasteiger partial charge in [0.05, 0.1) is 24.5 Å². The van der Waals surface area contributed by atoms with Crippen LogP contribution in [0.25, 0.3) is 0 Å². The number of ether oxygens (including phenoxy) is 1. The number of allylic oxidation sites excluding steroid dienone is 2. The van der Waals surface area contributed by atoms with Gasteiger partial charge in [0.2, 0.25) is 11.8 Å². The van der Waals surface area contributed by atoms with Crippen molar-refractivity contribution in [2.45, 2.75) is 57.5 Å². The molecule has 1 aromatic rings. The lowest BCUT2D eigenvalue weighted by Gasteiger charge is -2.29. The fourth-order valence-corrected chi connectivity index (χ4v) is 4.27. The summed E-state index contributed by atoms with van der Waals surface area (Å²) in [4.78, 5) is 40.1. The van der Waals surface area contributed by atoms with Crippen LogP contribution >= 0.6 is 0 Å². The average molecular weight is 471 g/mol. The van der Waals surface area contributed by atoms with Gasteiger partial charge in [-0.05, 0) is 44.6 Å². The Balaban J connectivity index is 1.97. The van der Waals surface area contributed by atoms with Crippen molar-refractivity contribution in [1.29, 1.82) is 0 Å². The molecule has 2 amide bonds. The topological polar surface area (TPSA) is 95.9 Å². The molecule has 1 saturated heterocycles. The zero-order valence-electron chi connectivity index (χ0n) is 20.2. The molecule has 0 radical (unpaired) electrons. The van der Waals surface area contributed by atoms with Gasteiger partial charge in [-0.1, -0.05) is 42.5 Å². The second-order valence-electron chi connectivity index (χ2n) is 8.95. The Morgan fingerprint density at radius 3 is 2.50 bits per heavy atom. The van der Waals surface area contributed by atoms with E-state index in [0.29, 0.717) is 25.8 Å². The van der Waals surface area contributed by atoms with Gasteiger partial charge in [0.15, 0.2) is 0 Å². The van der Waals surface area contributed by atoms with Crippen molar-refractivity contribution in [1.82, 2.24) is 10.2 Å². The normalized spacial score (nSPS) is 17.9. The second-order valence-corrected chi connectivity index (χ2v) is 8.95. The van der Waals surface area contributed by atoms with E-state index in [0.717, 1.165) is 18.4 Å². The van der Waals surface area contributed by atoms with E-state index in [1.54, 1.807) is 24.0 Å². The molecule has 1 aliphatic heterocycles. The number of hydrogen-bond acceptors (Lipinski definition) is 5. The number of aliphatic hydroxyl groups is 1. The summed E-state index contributed by atoms with van der Waals surface area (Å²) in [6.45, 7) is 9.74. The second kappa shape index (κ2) is 14.4. The van der Waals surface area contributed by atoms with Crippen molar-refractivity contribution < 1.29 is 24.2 Å². The third-order valence-electron chi connectivity index (χ3n) is 6.10. The Morgan fingerprint density at radius 1 is 1.18 bits per heavy atom. The van der Waals surface area contributed by atoms with Crippen molar-refractivity contribution in [3.63, 3.8) is 0 Å². The number of esters is 1. The summed E-state index contributed by atoms with van der Waals surface area (Å²) in [5.74, 6) is -1.56. The average Bonchev–Trinajstić information content (AvgIpc) is 3.30. The maximum absolute atomic E-state index is 13.3. The van der Waals surface area contributed by atoms with Crippen molar-refractivity contribution in [3.05, 3.63) is 61.2 Å². The van der Waals surface area contributed by atoms with Crippen LogP contribution in [0.15, 0.2) is 55.6 Å². The molecule has 7 heteroatoms. The minimum absolute atomic E-state index is 0.0245. The predicted octanol–water partition coefficient (Wildman–Crippen LogP) is 3.04. The van der Waals surface area contributed by atoms with Crippen LogP contribution in [0.5, 0.6) is 0 Å². The molecular formula is C27H38N2O5. The fraction of sp³-hybridized carbons (Fsp3) is 0.519. The Labute approximate surface area is 202 Å². The summed E-state index contributed by atoms with van der Waals surface area (Å²) in [7, 11) is 0. The Kier molecular flexibility index (Phi) is 11.5. The summed E-state index contributed by atoms with van der Waals surface area (Å²) >= 11 is 0. The first-order valence-corrected chi connectivity index (χ1v) is 12.0. The third-order valence-corrected chi connectivity index (χ3v) is 6.10. The lowest BCUT2D eigenvalue weighted by molar-refractivity contribution is -0.152. The molecule has 0 saturated carbocycles. The summed E-state index contributed by atoms with van der Waals surface area (Å²) in [5.41, 5.74) is 1.06. The molecule has 7 nitrogen and oxygen atoms in total. The summed E-state index contributed by atoms with van der Waals surface area (Å²) in [6.07, 6.45) is 6.42. The van der Waals surface area contributed by atoms with Crippen LogP contribution in [-0.4, -0.2) is 59.6 Å². The van der Waals surface area contributed by atoms with Crippen molar-refractivity contribution in [2.75, 3.05) is 19.8 Å². The number of hydrogen-bond donors (Lipinski definition) is 2. The lowest BCUT2D eigenvalue weighted by atomic mass is 9.96. The van der Waals surface area contributed by atoms with Crippen molar-refractivity contribution in [3.8, 4) is 0 Å². The van der Waals surface area contributed by atoms with Crippen LogP contribution in [0.1, 0.15) is 44.6 Å². The van der Waals surface area contributed by atoms with Gasteiger partial charge in [-0.15, -0.1) is 13.2 Å². The highest BCUT2D eigenvalue weighted by Gasteiger charge is 2.34. The number of benzene rings is 1. The van der Waals surface area contributed by atoms with Crippen molar-refractivity contribution >= 4 is 17.8 Å². The molecular weight excluding hydrogens is 432 g/mol. The van der Waals surface area contributed by atoms with Crippen LogP contribution < -0.4 is 5.32 Å². The van der Waals surface area contributed by atoms with Crippen LogP contribution in [0, 0.1) is 11.8 Å². The number of carbonyl (C=O) groups is 3. The van der Waals surface area contributed by atoms with E-state index in [4.69, 9.17) is 9.84 Å². The number of carbonyl (C=O) groups excluding carboxylic acids is 3. The van der Waals surface area contributed by atoms with Gasteiger partial charge in [0.1, 0.15) is 6.61 Å². The van der Waals surface area contributed by atoms with Gasteiger partial charge in [-0.2, -0.15) is 0 Å². The molecule has 2 rings (SSSR count). The van der Waals surface area contributed by atoms with E-state index in [1.165, 1.54) is 0 Å². The molecule has 4 atom stereocenters. The molecule has 0 bridgehead atoms. The van der Waals surface area contributed by atoms with E-state index in [-0.39, 0.29) is 55.4 Å². The first-order valence-electron chi connectivity index (χ1n) is 12.0. The fourth-order valence-electron chi connectivity index (χ4n) is 4.27. The third kappa shape index (κ3) is 8.45. The highest BCUT2D eigenvalue weighted by Crippen LogP contribution is 2.24. The van der Waals surface area contributed by atoms with Crippen LogP contribution in [0.4, 0.5) is 0 Å². The monoisotopic (exact) mass is 470 g/mol. The number of aliphatic hydroxyl groups excluding tert-OH is 1. The van der Waals surface area contributed by atoms with E-state index in [9.17, 15) is 14.4 Å². The highest BCUT2D eigenvalue weighted by atomic mass is 16.5. The minimum Gasteiger partial charge on any atom is -0.463 e. The Hall–Kier alpha value is -2.93. The molecule has 186 valence electrons. The highest BCUT2D eigenvalue weighted by molar-refractivity contribution is 5.86. The molecule has 1 aromatic carbocycles. The SMILES string of the molecule is C=CC[C@H](Cc1ccccc1)C(=O)OC[C@@H]1CCCN1C(=O)[C@H](CC=C)CC(=O)N[C@H](C)CO. The van der Waals surface area contributed by atoms with E-state index < -0.39 is 5.92 Å².